The van der Waals surface area contributed by atoms with Crippen LogP contribution in [0.3, 0.4) is 0 Å². The van der Waals surface area contributed by atoms with Crippen LogP contribution in [0.5, 0.6) is 0 Å². The first kappa shape index (κ1) is 23.6. The Balaban J connectivity index is 1.54. The van der Waals surface area contributed by atoms with E-state index in [0.29, 0.717) is 17.1 Å². The minimum absolute atomic E-state index is 0.00920. The highest BCUT2D eigenvalue weighted by Gasteiger charge is 2.39. The number of benzene rings is 1. The molecule has 1 saturated carbocycles. The van der Waals surface area contributed by atoms with E-state index in [0.717, 1.165) is 29.5 Å². The number of halogens is 3. The molecule has 0 aliphatic heterocycles. The summed E-state index contributed by atoms with van der Waals surface area (Å²) in [4.78, 5) is 24.5. The van der Waals surface area contributed by atoms with Crippen LogP contribution in [0, 0.1) is 0 Å². The van der Waals surface area contributed by atoms with Gasteiger partial charge in [-0.15, -0.1) is 0 Å². The zero-order valence-corrected chi connectivity index (χ0v) is 19.9. The van der Waals surface area contributed by atoms with Crippen molar-refractivity contribution in [3.63, 3.8) is 0 Å². The first-order chi connectivity index (χ1) is 18.3. The molecule has 0 radical (unpaired) electrons. The number of aromatic nitrogens is 6. The van der Waals surface area contributed by atoms with Crippen molar-refractivity contribution < 1.29 is 18.0 Å². The fourth-order valence-corrected chi connectivity index (χ4v) is 4.49. The van der Waals surface area contributed by atoms with Gasteiger partial charge in [-0.25, -0.2) is 14.6 Å². The van der Waals surface area contributed by atoms with Crippen LogP contribution in [0.25, 0.3) is 33.7 Å². The highest BCUT2D eigenvalue weighted by molar-refractivity contribution is 5.95. The number of carbonyl (C=O) groups excluding carboxylic acids is 1. The average molecular weight is 519 g/mol. The third-order valence-electron chi connectivity index (χ3n) is 6.61. The molecule has 4 aromatic heterocycles. The fourth-order valence-electron chi connectivity index (χ4n) is 4.49. The lowest BCUT2D eigenvalue weighted by molar-refractivity contribution is -0.140. The summed E-state index contributed by atoms with van der Waals surface area (Å²) in [6.07, 6.45) is 5.86. The van der Waals surface area contributed by atoms with Crippen molar-refractivity contribution >= 4 is 22.6 Å². The predicted molar refractivity (Wildman–Crippen MR) is 134 cm³/mol. The summed E-state index contributed by atoms with van der Waals surface area (Å²) in [7, 11) is 0. The normalized spacial score (nSPS) is 14.0. The lowest BCUT2D eigenvalue weighted by Gasteiger charge is -2.28. The minimum Gasteiger partial charge on any atom is -0.381 e. The Labute approximate surface area is 214 Å². The summed E-state index contributed by atoms with van der Waals surface area (Å²) in [6.45, 7) is 0. The third-order valence-corrected chi connectivity index (χ3v) is 6.61. The fraction of sp³-hybridized carbons (Fsp3) is 0.192. The molecule has 192 valence electrons. The molecule has 1 aliphatic carbocycles. The molecule has 1 fully saturated rings. The van der Waals surface area contributed by atoms with Gasteiger partial charge in [0.1, 0.15) is 0 Å². The van der Waals surface area contributed by atoms with Gasteiger partial charge in [0, 0.05) is 42.0 Å². The van der Waals surface area contributed by atoms with Gasteiger partial charge in [0.05, 0.1) is 34.5 Å². The van der Waals surface area contributed by atoms with E-state index in [1.165, 1.54) is 41.4 Å². The number of anilines is 1. The molecule has 1 amide bonds. The summed E-state index contributed by atoms with van der Waals surface area (Å²) in [5.74, 6) is -0.639. The Hall–Kier alpha value is -4.74. The van der Waals surface area contributed by atoms with Gasteiger partial charge >= 0.3 is 6.18 Å². The number of imidazole rings is 1. The van der Waals surface area contributed by atoms with E-state index in [4.69, 9.17) is 5.73 Å². The molecule has 6 rings (SSSR count). The zero-order valence-electron chi connectivity index (χ0n) is 19.9. The van der Waals surface area contributed by atoms with Gasteiger partial charge in [-0.2, -0.15) is 18.3 Å². The molecule has 4 heterocycles. The van der Waals surface area contributed by atoms with Gasteiger partial charge < -0.3 is 15.6 Å². The van der Waals surface area contributed by atoms with Crippen molar-refractivity contribution in [3.05, 3.63) is 78.8 Å². The molecule has 0 unspecified atom stereocenters. The third kappa shape index (κ3) is 4.13. The van der Waals surface area contributed by atoms with Crippen LogP contribution in [0.4, 0.5) is 18.9 Å². The van der Waals surface area contributed by atoms with E-state index in [1.807, 2.05) is 6.07 Å². The van der Waals surface area contributed by atoms with Crippen molar-refractivity contribution in [1.82, 2.24) is 29.3 Å². The van der Waals surface area contributed by atoms with Gasteiger partial charge in [-0.05, 0) is 55.7 Å². The molecule has 3 N–H and O–H groups in total. The lowest BCUT2D eigenvalue weighted by atomic mass is 9.93. The first-order valence-electron chi connectivity index (χ1n) is 11.9. The number of rotatable bonds is 6. The molecular weight excluding hydrogens is 497 g/mol. The van der Waals surface area contributed by atoms with Gasteiger partial charge in [0.25, 0.3) is 0 Å². The second-order valence-electron chi connectivity index (χ2n) is 9.06. The maximum atomic E-state index is 14.3. The minimum atomic E-state index is -4.76. The summed E-state index contributed by atoms with van der Waals surface area (Å²) in [5.41, 5.74) is 6.91. The molecule has 38 heavy (non-hydrogen) atoms. The Kier molecular flexibility index (Phi) is 5.59. The number of hydrogen-bond donors (Lipinski definition) is 2. The highest BCUT2D eigenvalue weighted by Crippen LogP contribution is 2.39. The monoisotopic (exact) mass is 518 g/mol. The lowest BCUT2D eigenvalue weighted by Crippen LogP contribution is -2.28. The van der Waals surface area contributed by atoms with E-state index in [-0.39, 0.29) is 28.3 Å². The number of primary amides is 1. The summed E-state index contributed by atoms with van der Waals surface area (Å²) < 4.78 is 45.7. The van der Waals surface area contributed by atoms with E-state index in [2.05, 4.69) is 25.4 Å². The molecule has 1 aromatic carbocycles. The van der Waals surface area contributed by atoms with Crippen molar-refractivity contribution in [2.24, 2.45) is 5.73 Å². The number of hydrogen-bond acceptors (Lipinski definition) is 6. The van der Waals surface area contributed by atoms with E-state index in [1.54, 1.807) is 24.7 Å². The van der Waals surface area contributed by atoms with E-state index >= 15 is 0 Å². The van der Waals surface area contributed by atoms with Gasteiger partial charge in [0.15, 0.2) is 11.3 Å². The van der Waals surface area contributed by atoms with Crippen molar-refractivity contribution in [3.8, 4) is 22.6 Å². The standard InChI is InChI=1S/C26H21F3N8O/c27-26(28,29)23-22-21(36-13-19(33-14-36)16-3-2-9-31-12-16)8-10-32-25(22)37(35-23)20-7-6-15(24(30)38)11-18(20)34-17-4-1-5-17/h2-3,6-14,17,34H,1,4-5H2,(H2,30,38). The second-order valence-corrected chi connectivity index (χ2v) is 9.06. The Bertz CT molecular complexity index is 1650. The average Bonchev–Trinajstić information content (AvgIpc) is 3.52. The number of carbonyl (C=O) groups is 1. The second kappa shape index (κ2) is 8.98. The van der Waals surface area contributed by atoms with Crippen LogP contribution < -0.4 is 11.1 Å². The van der Waals surface area contributed by atoms with Crippen LogP contribution in [-0.2, 0) is 6.18 Å². The zero-order chi connectivity index (χ0) is 26.4. The molecule has 9 nitrogen and oxygen atoms in total. The van der Waals surface area contributed by atoms with Crippen molar-refractivity contribution in [2.45, 2.75) is 31.5 Å². The summed E-state index contributed by atoms with van der Waals surface area (Å²) >= 11 is 0. The molecule has 5 aromatic rings. The largest absolute Gasteiger partial charge is 0.435 e. The Morgan fingerprint density at radius 2 is 1.92 bits per heavy atom. The molecule has 0 atom stereocenters. The van der Waals surface area contributed by atoms with E-state index < -0.39 is 17.8 Å². The molecule has 1 aliphatic rings. The SMILES string of the molecule is NC(=O)c1ccc(-n2nc(C(F)(F)F)c3c(-n4cnc(-c5cccnc5)c4)ccnc32)c(NC2CCC2)c1. The number of nitrogens with one attached hydrogen (secondary N) is 1. The maximum Gasteiger partial charge on any atom is 0.435 e. The Morgan fingerprint density at radius 3 is 2.61 bits per heavy atom. The molecule has 0 saturated heterocycles. The van der Waals surface area contributed by atoms with Crippen LogP contribution in [-0.4, -0.2) is 41.2 Å². The number of nitrogens with zero attached hydrogens (tertiary/aromatic N) is 6. The highest BCUT2D eigenvalue weighted by atomic mass is 19.4. The number of pyridine rings is 2. The molecular formula is C26H21F3N8O. The topological polar surface area (TPSA) is 117 Å². The first-order valence-corrected chi connectivity index (χ1v) is 11.9. The Morgan fingerprint density at radius 1 is 1.08 bits per heavy atom. The number of nitrogens with two attached hydrogens (primary N) is 1. The van der Waals surface area contributed by atoms with Crippen LogP contribution in [0.15, 0.2) is 67.5 Å². The van der Waals surface area contributed by atoms with Crippen LogP contribution in [0.2, 0.25) is 0 Å². The molecule has 12 heteroatoms. The van der Waals surface area contributed by atoms with Crippen LogP contribution in [0.1, 0.15) is 35.3 Å². The molecule has 0 spiro atoms. The maximum absolute atomic E-state index is 14.3. The van der Waals surface area contributed by atoms with Gasteiger partial charge in [-0.3, -0.25) is 9.78 Å². The van der Waals surface area contributed by atoms with Gasteiger partial charge in [0.2, 0.25) is 5.91 Å². The summed E-state index contributed by atoms with van der Waals surface area (Å²) in [6, 6.07) is 9.72. The quantitative estimate of drug-likeness (QED) is 0.335. The smallest absolute Gasteiger partial charge is 0.381 e. The summed E-state index contributed by atoms with van der Waals surface area (Å²) in [5, 5.41) is 7.14. The van der Waals surface area contributed by atoms with Crippen molar-refractivity contribution in [1.29, 1.82) is 0 Å². The molecule has 0 bridgehead atoms. The van der Waals surface area contributed by atoms with Crippen molar-refractivity contribution in [2.75, 3.05) is 5.32 Å². The number of amides is 1. The van der Waals surface area contributed by atoms with Crippen LogP contribution >= 0.6 is 0 Å². The predicted octanol–water partition coefficient (Wildman–Crippen LogP) is 4.75. The number of fused-ring (bicyclic) bond motifs is 1. The number of alkyl halides is 3. The van der Waals surface area contributed by atoms with Gasteiger partial charge in [-0.1, -0.05) is 0 Å². The van der Waals surface area contributed by atoms with E-state index in [9.17, 15) is 18.0 Å².